The minimum atomic E-state index is -2.92. The number of carbonyl (C=O) groups is 1. The van der Waals surface area contributed by atoms with E-state index in [0.29, 0.717) is 28.2 Å². The van der Waals surface area contributed by atoms with Gasteiger partial charge in [0.05, 0.1) is 17.1 Å². The van der Waals surface area contributed by atoms with E-state index in [0.717, 1.165) is 11.8 Å². The first kappa shape index (κ1) is 27.6. The Morgan fingerprint density at radius 3 is 2.38 bits per heavy atom. The van der Waals surface area contributed by atoms with Gasteiger partial charge >= 0.3 is 0 Å². The first-order valence-electron chi connectivity index (χ1n) is 12.2. The molecule has 0 fully saturated rings. The third-order valence-corrected chi connectivity index (χ3v) is 6.46. The molecule has 2 aromatic heterocycles. The summed E-state index contributed by atoms with van der Waals surface area (Å²) < 4.78 is 42.6. The minimum absolute atomic E-state index is 0.0590. The number of aromatic nitrogens is 3. The SMILES string of the molecule is Cc1nc(N[C@H](C)c2cccc(C(F)F)c2F)c2cc(N(C)c3ccn(CC(=O)N(C)C)c(=O)c3)ccc2n1. The van der Waals surface area contributed by atoms with Crippen LogP contribution < -0.4 is 15.8 Å². The number of halogens is 3. The van der Waals surface area contributed by atoms with Crippen molar-refractivity contribution in [1.82, 2.24) is 19.4 Å². The number of hydrogen-bond acceptors (Lipinski definition) is 6. The largest absolute Gasteiger partial charge is 0.363 e. The van der Waals surface area contributed by atoms with Gasteiger partial charge in [-0.25, -0.2) is 23.1 Å². The van der Waals surface area contributed by atoms with E-state index in [2.05, 4.69) is 15.3 Å². The number of pyridine rings is 1. The van der Waals surface area contributed by atoms with Crippen molar-refractivity contribution >= 4 is 34.0 Å². The smallest absolute Gasteiger partial charge is 0.266 e. The summed E-state index contributed by atoms with van der Waals surface area (Å²) in [6, 6.07) is 11.9. The Hall–Kier alpha value is -4.41. The number of nitrogens with one attached hydrogen (secondary N) is 1. The minimum Gasteiger partial charge on any atom is -0.363 e. The molecule has 11 heteroatoms. The first-order valence-corrected chi connectivity index (χ1v) is 12.2. The number of fused-ring (bicyclic) bond motifs is 1. The van der Waals surface area contributed by atoms with Crippen molar-refractivity contribution in [1.29, 1.82) is 0 Å². The summed E-state index contributed by atoms with van der Waals surface area (Å²) in [5.41, 5.74) is 1.08. The molecule has 8 nitrogen and oxygen atoms in total. The van der Waals surface area contributed by atoms with E-state index >= 15 is 0 Å². The predicted molar refractivity (Wildman–Crippen MR) is 145 cm³/mol. The highest BCUT2D eigenvalue weighted by Crippen LogP contribution is 2.32. The molecule has 2 aromatic carbocycles. The lowest BCUT2D eigenvalue weighted by Crippen LogP contribution is -2.31. The summed E-state index contributed by atoms with van der Waals surface area (Å²) in [7, 11) is 5.05. The van der Waals surface area contributed by atoms with E-state index < -0.39 is 23.8 Å². The van der Waals surface area contributed by atoms with E-state index in [4.69, 9.17) is 0 Å². The number of aryl methyl sites for hydroxylation is 1. The average Bonchev–Trinajstić information content (AvgIpc) is 2.88. The van der Waals surface area contributed by atoms with Crippen LogP contribution in [0.5, 0.6) is 0 Å². The normalized spacial score (nSPS) is 12.0. The van der Waals surface area contributed by atoms with Crippen molar-refractivity contribution < 1.29 is 18.0 Å². The molecule has 0 spiro atoms. The van der Waals surface area contributed by atoms with Crippen molar-refractivity contribution in [3.63, 3.8) is 0 Å². The number of likely N-dealkylation sites (N-methyl/N-ethyl adjacent to an activating group) is 1. The number of alkyl halides is 2. The van der Waals surface area contributed by atoms with E-state index in [1.165, 1.54) is 27.7 Å². The summed E-state index contributed by atoms with van der Waals surface area (Å²) in [6.07, 6.45) is -1.35. The number of hydrogen-bond donors (Lipinski definition) is 1. The molecular weight excluding hydrogens is 509 g/mol. The van der Waals surface area contributed by atoms with Gasteiger partial charge in [0, 0.05) is 55.7 Å². The van der Waals surface area contributed by atoms with Crippen LogP contribution in [0.3, 0.4) is 0 Å². The zero-order valence-electron chi connectivity index (χ0n) is 22.2. The molecule has 39 heavy (non-hydrogen) atoms. The highest BCUT2D eigenvalue weighted by atomic mass is 19.3. The molecule has 0 aliphatic rings. The molecule has 1 atom stereocenters. The van der Waals surface area contributed by atoms with Crippen LogP contribution in [-0.4, -0.2) is 46.5 Å². The van der Waals surface area contributed by atoms with Crippen LogP contribution in [0.25, 0.3) is 10.9 Å². The number of nitrogens with zero attached hydrogens (tertiary/aromatic N) is 5. The summed E-state index contributed by atoms with van der Waals surface area (Å²) in [5, 5.41) is 3.79. The van der Waals surface area contributed by atoms with E-state index in [-0.39, 0.29) is 23.6 Å². The average molecular weight is 539 g/mol. The Labute approximate surface area is 223 Å². The van der Waals surface area contributed by atoms with Gasteiger partial charge in [0.25, 0.3) is 12.0 Å². The molecular formula is C28H29F3N6O2. The van der Waals surface area contributed by atoms with Gasteiger partial charge in [0.2, 0.25) is 5.91 Å². The van der Waals surface area contributed by atoms with Gasteiger partial charge in [-0.1, -0.05) is 18.2 Å². The Morgan fingerprint density at radius 1 is 1.03 bits per heavy atom. The Kier molecular flexibility index (Phi) is 7.89. The highest BCUT2D eigenvalue weighted by Gasteiger charge is 2.21. The Balaban J connectivity index is 1.67. The maximum absolute atomic E-state index is 14.8. The predicted octanol–water partition coefficient (Wildman–Crippen LogP) is 5.21. The summed E-state index contributed by atoms with van der Waals surface area (Å²) in [4.78, 5) is 36.8. The lowest BCUT2D eigenvalue weighted by Gasteiger charge is -2.22. The van der Waals surface area contributed by atoms with Gasteiger partial charge in [-0.05, 0) is 38.1 Å². The number of anilines is 3. The Bertz CT molecular complexity index is 1590. The second kappa shape index (κ2) is 11.1. The molecule has 4 aromatic rings. The van der Waals surface area contributed by atoms with Crippen molar-refractivity contribution in [2.24, 2.45) is 0 Å². The van der Waals surface area contributed by atoms with Crippen LogP contribution in [0.2, 0.25) is 0 Å². The van der Waals surface area contributed by atoms with Crippen LogP contribution in [0.4, 0.5) is 30.4 Å². The molecule has 1 amide bonds. The van der Waals surface area contributed by atoms with Crippen LogP contribution in [0.1, 0.15) is 36.3 Å². The fourth-order valence-corrected chi connectivity index (χ4v) is 4.18. The first-order chi connectivity index (χ1) is 18.5. The number of amides is 1. The molecule has 4 rings (SSSR count). The summed E-state index contributed by atoms with van der Waals surface area (Å²) in [6.45, 7) is 3.34. The van der Waals surface area contributed by atoms with Crippen molar-refractivity contribution in [3.8, 4) is 0 Å². The molecule has 0 radical (unpaired) electrons. The van der Waals surface area contributed by atoms with Gasteiger partial charge in [0.1, 0.15) is 24.0 Å². The van der Waals surface area contributed by atoms with Gasteiger partial charge in [-0.15, -0.1) is 0 Å². The van der Waals surface area contributed by atoms with Crippen molar-refractivity contribution in [2.75, 3.05) is 31.4 Å². The molecule has 204 valence electrons. The van der Waals surface area contributed by atoms with Gasteiger partial charge in [0.15, 0.2) is 0 Å². The van der Waals surface area contributed by atoms with Gasteiger partial charge in [-0.2, -0.15) is 0 Å². The molecule has 0 aliphatic heterocycles. The Morgan fingerprint density at radius 2 is 1.72 bits per heavy atom. The van der Waals surface area contributed by atoms with Crippen LogP contribution in [-0.2, 0) is 11.3 Å². The fourth-order valence-electron chi connectivity index (χ4n) is 4.18. The van der Waals surface area contributed by atoms with E-state index in [9.17, 15) is 22.8 Å². The third-order valence-electron chi connectivity index (χ3n) is 6.46. The lowest BCUT2D eigenvalue weighted by atomic mass is 10.0. The van der Waals surface area contributed by atoms with Crippen molar-refractivity contribution in [2.45, 2.75) is 32.9 Å². The second-order valence-electron chi connectivity index (χ2n) is 9.44. The maximum Gasteiger partial charge on any atom is 0.266 e. The monoisotopic (exact) mass is 538 g/mol. The zero-order valence-corrected chi connectivity index (χ0v) is 22.2. The molecule has 0 saturated heterocycles. The fraction of sp³-hybridized carbons (Fsp3) is 0.286. The molecule has 2 heterocycles. The summed E-state index contributed by atoms with van der Waals surface area (Å²) >= 11 is 0. The zero-order chi connectivity index (χ0) is 28.4. The van der Waals surface area contributed by atoms with Gasteiger partial charge in [-0.3, -0.25) is 9.59 Å². The van der Waals surface area contributed by atoms with E-state index in [1.807, 2.05) is 12.1 Å². The lowest BCUT2D eigenvalue weighted by molar-refractivity contribution is -0.129. The van der Waals surface area contributed by atoms with Crippen LogP contribution in [0.15, 0.2) is 59.5 Å². The van der Waals surface area contributed by atoms with Crippen LogP contribution >= 0.6 is 0 Å². The number of benzene rings is 2. The maximum atomic E-state index is 14.8. The molecule has 0 unspecified atom stereocenters. The topological polar surface area (TPSA) is 83.4 Å². The molecule has 1 N–H and O–H groups in total. The molecule has 0 saturated carbocycles. The highest BCUT2D eigenvalue weighted by molar-refractivity contribution is 5.92. The molecule has 0 aliphatic carbocycles. The quantitative estimate of drug-likeness (QED) is 0.332. The number of rotatable bonds is 8. The number of carbonyl (C=O) groups excluding carboxylic acids is 1. The molecule has 0 bridgehead atoms. The third kappa shape index (κ3) is 5.87. The van der Waals surface area contributed by atoms with Gasteiger partial charge < -0.3 is 19.7 Å². The van der Waals surface area contributed by atoms with Crippen LogP contribution in [0, 0.1) is 12.7 Å². The summed E-state index contributed by atoms with van der Waals surface area (Å²) in [5.74, 6) is -0.251. The standard InChI is InChI=1S/C28H29F3N6O2/c1-16(20-7-6-8-21(26(20)29)27(30)31)32-28-22-13-18(9-10-23(22)33-17(2)34-28)36(5)19-11-12-37(24(38)14-19)15-25(39)35(3)4/h6-14,16,27H,15H2,1-5H3,(H,32,33,34)/t16-/m1/s1. The second-order valence-corrected chi connectivity index (χ2v) is 9.44. The van der Waals surface area contributed by atoms with E-state index in [1.54, 1.807) is 58.2 Å². The van der Waals surface area contributed by atoms with Crippen molar-refractivity contribution in [3.05, 3.63) is 87.9 Å².